The van der Waals surface area contributed by atoms with Gasteiger partial charge in [0.25, 0.3) is 0 Å². The van der Waals surface area contributed by atoms with Gasteiger partial charge in [-0.3, -0.25) is 0 Å². The van der Waals surface area contributed by atoms with Crippen LogP contribution in [-0.4, -0.2) is 22.2 Å². The van der Waals surface area contributed by atoms with E-state index in [4.69, 9.17) is 16.3 Å². The van der Waals surface area contributed by atoms with Crippen LogP contribution in [0.2, 0.25) is 0 Å². The topological polar surface area (TPSA) is 52.1 Å². The molecule has 0 aliphatic rings. The maximum Gasteiger partial charge on any atom is 0.351 e. The van der Waals surface area contributed by atoms with E-state index in [2.05, 4.69) is 9.59 Å². The fraction of sp³-hybridized carbons (Fsp3) is 0.500. The van der Waals surface area contributed by atoms with Crippen LogP contribution in [0.1, 0.15) is 22.3 Å². The molecule has 0 radical (unpaired) electrons. The van der Waals surface area contributed by atoms with Crippen molar-refractivity contribution in [3.63, 3.8) is 0 Å². The van der Waals surface area contributed by atoms with Crippen LogP contribution >= 0.6 is 23.1 Å². The van der Waals surface area contributed by atoms with Gasteiger partial charge in [0.2, 0.25) is 0 Å². The Hall–Kier alpha value is -0.680. The average Bonchev–Trinajstić information content (AvgIpc) is 2.51. The van der Waals surface area contributed by atoms with Gasteiger partial charge < -0.3 is 4.74 Å². The van der Waals surface area contributed by atoms with Crippen molar-refractivity contribution in [3.05, 3.63) is 10.6 Å². The zero-order valence-corrected chi connectivity index (χ0v) is 7.98. The maximum absolute atomic E-state index is 11.1. The Labute approximate surface area is 78.7 Å². The Morgan fingerprint density at radius 3 is 3.08 bits per heavy atom. The molecule has 0 amide bonds. The molecule has 0 aliphatic carbocycles. The van der Waals surface area contributed by atoms with E-state index in [1.54, 1.807) is 6.92 Å². The van der Waals surface area contributed by atoms with Crippen LogP contribution in [0.25, 0.3) is 0 Å². The number of hydrogen-bond acceptors (Lipinski definition) is 5. The summed E-state index contributed by atoms with van der Waals surface area (Å²) < 4.78 is 8.36. The van der Waals surface area contributed by atoms with Gasteiger partial charge in [0.1, 0.15) is 5.69 Å². The van der Waals surface area contributed by atoms with E-state index < -0.39 is 5.97 Å². The van der Waals surface area contributed by atoms with Crippen molar-refractivity contribution in [2.45, 2.75) is 12.8 Å². The summed E-state index contributed by atoms with van der Waals surface area (Å²) in [6, 6.07) is 0. The highest BCUT2D eigenvalue weighted by Gasteiger charge is 2.15. The smallest absolute Gasteiger partial charge is 0.351 e. The van der Waals surface area contributed by atoms with Crippen LogP contribution in [0.4, 0.5) is 0 Å². The first-order valence-electron chi connectivity index (χ1n) is 3.34. The molecule has 1 aromatic heterocycles. The summed E-state index contributed by atoms with van der Waals surface area (Å²) in [5.41, 5.74) is 0.486. The van der Waals surface area contributed by atoms with Gasteiger partial charge >= 0.3 is 5.97 Å². The van der Waals surface area contributed by atoms with Gasteiger partial charge in [-0.05, 0) is 18.5 Å². The van der Waals surface area contributed by atoms with Crippen LogP contribution in [0.5, 0.6) is 0 Å². The van der Waals surface area contributed by atoms with Gasteiger partial charge in [0, 0.05) is 0 Å². The molecule has 4 nitrogen and oxygen atoms in total. The molecule has 0 atom stereocenters. The summed E-state index contributed by atoms with van der Waals surface area (Å²) >= 11 is 6.52. The SMILES string of the molecule is CCOC(=O)c1snnc1CCl. The second-order valence-corrected chi connectivity index (χ2v) is 2.92. The number of aromatic nitrogens is 2. The normalized spacial score (nSPS) is 9.83. The Kier molecular flexibility index (Phi) is 3.43. The summed E-state index contributed by atoms with van der Waals surface area (Å²) in [6.07, 6.45) is 0. The molecule has 66 valence electrons. The summed E-state index contributed by atoms with van der Waals surface area (Å²) in [5.74, 6) is -0.215. The van der Waals surface area contributed by atoms with Crippen LogP contribution in [0, 0.1) is 0 Å². The Morgan fingerprint density at radius 2 is 2.50 bits per heavy atom. The molecule has 0 bridgehead atoms. The summed E-state index contributed by atoms with van der Waals surface area (Å²) in [6.45, 7) is 2.09. The van der Waals surface area contributed by atoms with Crippen molar-refractivity contribution in [3.8, 4) is 0 Å². The second kappa shape index (κ2) is 4.37. The highest BCUT2D eigenvalue weighted by Crippen LogP contribution is 2.13. The number of nitrogens with zero attached hydrogens (tertiary/aromatic N) is 2. The molecule has 0 aliphatic heterocycles. The highest BCUT2D eigenvalue weighted by molar-refractivity contribution is 7.07. The van der Waals surface area contributed by atoms with Crippen molar-refractivity contribution in [1.82, 2.24) is 9.59 Å². The van der Waals surface area contributed by atoms with Gasteiger partial charge in [-0.25, -0.2) is 4.79 Å². The van der Waals surface area contributed by atoms with Crippen LogP contribution in [0.3, 0.4) is 0 Å². The lowest BCUT2D eigenvalue weighted by Gasteiger charge is -1.97. The first kappa shape index (κ1) is 9.41. The predicted molar refractivity (Wildman–Crippen MR) is 45.4 cm³/mol. The molecule has 1 heterocycles. The molecular formula is C6H7ClN2O2S. The molecule has 1 aromatic rings. The molecule has 0 spiro atoms. The summed E-state index contributed by atoms with van der Waals surface area (Å²) in [5, 5.41) is 3.67. The predicted octanol–water partition coefficient (Wildman–Crippen LogP) is 1.45. The third kappa shape index (κ3) is 1.92. The lowest BCUT2D eigenvalue weighted by Crippen LogP contribution is -2.04. The van der Waals surface area contributed by atoms with E-state index in [0.29, 0.717) is 17.2 Å². The maximum atomic E-state index is 11.1. The lowest BCUT2D eigenvalue weighted by molar-refractivity contribution is 0.0531. The molecule has 0 saturated carbocycles. The standard InChI is InChI=1S/C6H7ClN2O2S/c1-2-11-6(10)5-4(3-7)8-9-12-5/h2-3H2,1H3. The van der Waals surface area contributed by atoms with Crippen molar-refractivity contribution in [2.24, 2.45) is 0 Å². The molecule has 0 aromatic carbocycles. The van der Waals surface area contributed by atoms with E-state index in [0.717, 1.165) is 11.5 Å². The fourth-order valence-corrected chi connectivity index (χ4v) is 1.49. The van der Waals surface area contributed by atoms with Gasteiger partial charge in [0.15, 0.2) is 4.88 Å². The molecule has 0 saturated heterocycles. The van der Waals surface area contributed by atoms with E-state index in [1.807, 2.05) is 0 Å². The number of alkyl halides is 1. The largest absolute Gasteiger partial charge is 0.462 e. The van der Waals surface area contributed by atoms with Gasteiger partial charge in [-0.1, -0.05) is 4.49 Å². The molecular weight excluding hydrogens is 200 g/mol. The molecule has 0 unspecified atom stereocenters. The van der Waals surface area contributed by atoms with E-state index in [1.165, 1.54) is 0 Å². The first-order valence-corrected chi connectivity index (χ1v) is 4.64. The quantitative estimate of drug-likeness (QED) is 0.555. The Morgan fingerprint density at radius 1 is 1.75 bits per heavy atom. The minimum Gasteiger partial charge on any atom is -0.462 e. The van der Waals surface area contributed by atoms with Gasteiger partial charge in [-0.15, -0.1) is 16.7 Å². The molecule has 0 N–H and O–H groups in total. The lowest BCUT2D eigenvalue weighted by atomic mass is 10.4. The number of halogens is 1. The summed E-state index contributed by atoms with van der Waals surface area (Å²) in [4.78, 5) is 11.5. The van der Waals surface area contributed by atoms with Crippen molar-refractivity contribution >= 4 is 29.1 Å². The Balaban J connectivity index is 2.79. The van der Waals surface area contributed by atoms with E-state index in [-0.39, 0.29) is 5.88 Å². The van der Waals surface area contributed by atoms with Crippen LogP contribution in [0.15, 0.2) is 0 Å². The molecule has 12 heavy (non-hydrogen) atoms. The van der Waals surface area contributed by atoms with Crippen LogP contribution in [-0.2, 0) is 10.6 Å². The highest BCUT2D eigenvalue weighted by atomic mass is 35.5. The number of rotatable bonds is 3. The zero-order chi connectivity index (χ0) is 8.97. The minimum atomic E-state index is -0.400. The number of hydrogen-bond donors (Lipinski definition) is 0. The van der Waals surface area contributed by atoms with Gasteiger partial charge in [-0.2, -0.15) is 0 Å². The third-order valence-electron chi connectivity index (χ3n) is 1.14. The molecule has 0 fully saturated rings. The average molecular weight is 207 g/mol. The molecule has 6 heteroatoms. The molecule has 1 rings (SSSR count). The number of ether oxygens (including phenoxy) is 1. The minimum absolute atomic E-state index is 0.185. The van der Waals surface area contributed by atoms with Crippen molar-refractivity contribution in [1.29, 1.82) is 0 Å². The van der Waals surface area contributed by atoms with E-state index >= 15 is 0 Å². The van der Waals surface area contributed by atoms with Crippen LogP contribution < -0.4 is 0 Å². The fourth-order valence-electron chi connectivity index (χ4n) is 0.648. The van der Waals surface area contributed by atoms with Gasteiger partial charge in [0.05, 0.1) is 12.5 Å². The number of carbonyl (C=O) groups excluding carboxylic acids is 1. The number of esters is 1. The Bertz CT molecular complexity index is 276. The van der Waals surface area contributed by atoms with E-state index in [9.17, 15) is 4.79 Å². The summed E-state index contributed by atoms with van der Waals surface area (Å²) in [7, 11) is 0. The van der Waals surface area contributed by atoms with Crippen molar-refractivity contribution < 1.29 is 9.53 Å². The number of carbonyl (C=O) groups is 1. The third-order valence-corrected chi connectivity index (χ3v) is 2.14. The second-order valence-electron chi connectivity index (χ2n) is 1.90. The van der Waals surface area contributed by atoms with Crippen molar-refractivity contribution in [2.75, 3.05) is 6.61 Å². The first-order chi connectivity index (χ1) is 5.79. The zero-order valence-electron chi connectivity index (χ0n) is 6.41. The monoisotopic (exact) mass is 206 g/mol.